The van der Waals surface area contributed by atoms with Crippen LogP contribution in [0.2, 0.25) is 0 Å². The molecule has 0 spiro atoms. The van der Waals surface area contributed by atoms with Crippen molar-refractivity contribution in [2.24, 2.45) is 0 Å². The number of nitrogens with zero attached hydrogens (tertiary/aromatic N) is 1. The summed E-state index contributed by atoms with van der Waals surface area (Å²) in [5.41, 5.74) is 2.94. The van der Waals surface area contributed by atoms with Gasteiger partial charge < -0.3 is 10.3 Å². The number of aromatic amines is 1. The molecule has 2 heterocycles. The third-order valence-electron chi connectivity index (χ3n) is 4.56. The number of anilines is 1. The average molecular weight is 339 g/mol. The number of H-pyrrole nitrogens is 1. The first-order valence-electron chi connectivity index (χ1n) is 7.95. The number of benzene rings is 1. The Kier molecular flexibility index (Phi) is 3.76. The van der Waals surface area contributed by atoms with Gasteiger partial charge in [0.1, 0.15) is 5.82 Å². The van der Waals surface area contributed by atoms with E-state index >= 15 is 0 Å². The molecule has 0 radical (unpaired) electrons. The van der Waals surface area contributed by atoms with Crippen LogP contribution in [0.5, 0.6) is 0 Å². The molecular weight excluding hydrogens is 322 g/mol. The summed E-state index contributed by atoms with van der Waals surface area (Å²) < 4.78 is 0. The van der Waals surface area contributed by atoms with Crippen LogP contribution in [0, 0.1) is 0 Å². The minimum absolute atomic E-state index is 0.122. The fourth-order valence-electron chi connectivity index (χ4n) is 3.52. The van der Waals surface area contributed by atoms with Crippen molar-refractivity contribution in [3.05, 3.63) is 63.1 Å². The summed E-state index contributed by atoms with van der Waals surface area (Å²) in [6.07, 6.45) is 4.05. The van der Waals surface area contributed by atoms with Gasteiger partial charge in [0, 0.05) is 23.6 Å². The minimum atomic E-state index is -0.350. The number of hydrogen-bond acceptors (Lipinski definition) is 5. The highest BCUT2D eigenvalue weighted by Gasteiger charge is 2.37. The fraction of sp³-hybridized carbons (Fsp3) is 0.278. The molecule has 1 atom stereocenters. The SMILES string of the molecule is CSc1nc2c(c(=O)[nH]1)C(c1ccccc1)C1=C(CCCC1=O)N2. The summed E-state index contributed by atoms with van der Waals surface area (Å²) in [4.78, 5) is 32.7. The summed E-state index contributed by atoms with van der Waals surface area (Å²) in [5.74, 6) is 0.347. The number of Topliss-reactive ketones (excluding diaryl/α,β-unsaturated/α-hetero) is 1. The lowest BCUT2D eigenvalue weighted by Gasteiger charge is -2.32. The second kappa shape index (κ2) is 5.94. The van der Waals surface area contributed by atoms with Crippen LogP contribution in [0.15, 0.2) is 51.6 Å². The van der Waals surface area contributed by atoms with Crippen LogP contribution in [0.3, 0.4) is 0 Å². The molecule has 5 nitrogen and oxygen atoms in total. The first-order valence-corrected chi connectivity index (χ1v) is 9.18. The van der Waals surface area contributed by atoms with Gasteiger partial charge in [0.15, 0.2) is 10.9 Å². The quantitative estimate of drug-likeness (QED) is 0.650. The van der Waals surface area contributed by atoms with Gasteiger partial charge in [0.2, 0.25) is 0 Å². The van der Waals surface area contributed by atoms with Gasteiger partial charge in [-0.25, -0.2) is 4.98 Å². The van der Waals surface area contributed by atoms with Crippen LogP contribution >= 0.6 is 11.8 Å². The van der Waals surface area contributed by atoms with E-state index in [9.17, 15) is 9.59 Å². The lowest BCUT2D eigenvalue weighted by Crippen LogP contribution is -2.32. The second-order valence-corrected chi connectivity index (χ2v) is 6.77. The Balaban J connectivity index is 1.99. The monoisotopic (exact) mass is 339 g/mol. The zero-order valence-corrected chi connectivity index (χ0v) is 14.1. The Bertz CT molecular complexity index is 902. The molecule has 6 heteroatoms. The number of carbonyl (C=O) groups is 1. The van der Waals surface area contributed by atoms with E-state index in [-0.39, 0.29) is 17.3 Å². The molecule has 2 aliphatic rings. The van der Waals surface area contributed by atoms with Crippen molar-refractivity contribution in [1.29, 1.82) is 0 Å². The Morgan fingerprint density at radius 3 is 2.71 bits per heavy atom. The van der Waals surface area contributed by atoms with E-state index < -0.39 is 0 Å². The van der Waals surface area contributed by atoms with Crippen LogP contribution in [-0.2, 0) is 4.79 Å². The molecule has 24 heavy (non-hydrogen) atoms. The molecule has 1 unspecified atom stereocenters. The number of nitrogens with one attached hydrogen (secondary N) is 2. The predicted molar refractivity (Wildman–Crippen MR) is 94.4 cm³/mol. The summed E-state index contributed by atoms with van der Waals surface area (Å²) >= 11 is 1.39. The van der Waals surface area contributed by atoms with E-state index in [1.165, 1.54) is 11.8 Å². The molecule has 0 saturated heterocycles. The number of ketones is 1. The first kappa shape index (κ1) is 15.2. The molecular formula is C18H17N3O2S. The molecule has 0 fully saturated rings. The maximum atomic E-state index is 12.7. The number of allylic oxidation sites excluding steroid dienone is 2. The van der Waals surface area contributed by atoms with Crippen LogP contribution in [0.25, 0.3) is 0 Å². The zero-order chi connectivity index (χ0) is 16.7. The number of hydrogen-bond donors (Lipinski definition) is 2. The molecule has 2 N–H and O–H groups in total. The van der Waals surface area contributed by atoms with Gasteiger partial charge in [-0.3, -0.25) is 9.59 Å². The highest BCUT2D eigenvalue weighted by molar-refractivity contribution is 7.98. The van der Waals surface area contributed by atoms with E-state index in [1.807, 2.05) is 36.6 Å². The molecule has 0 bridgehead atoms. The third kappa shape index (κ3) is 2.38. The van der Waals surface area contributed by atoms with E-state index in [1.54, 1.807) is 0 Å². The number of carbonyl (C=O) groups excluding carboxylic acids is 1. The number of rotatable bonds is 2. The smallest absolute Gasteiger partial charge is 0.257 e. The van der Waals surface area contributed by atoms with E-state index in [2.05, 4.69) is 15.3 Å². The van der Waals surface area contributed by atoms with Crippen molar-refractivity contribution in [3.8, 4) is 0 Å². The van der Waals surface area contributed by atoms with E-state index in [0.29, 0.717) is 23.0 Å². The maximum Gasteiger partial charge on any atom is 0.257 e. The molecule has 2 aromatic rings. The summed E-state index contributed by atoms with van der Waals surface area (Å²) in [6, 6.07) is 9.73. The minimum Gasteiger partial charge on any atom is -0.343 e. The summed E-state index contributed by atoms with van der Waals surface area (Å²) in [7, 11) is 0. The van der Waals surface area contributed by atoms with Crippen molar-refractivity contribution >= 4 is 23.4 Å². The van der Waals surface area contributed by atoms with Gasteiger partial charge >= 0.3 is 0 Å². The fourth-order valence-corrected chi connectivity index (χ4v) is 3.89. The van der Waals surface area contributed by atoms with Gasteiger partial charge in [-0.15, -0.1) is 0 Å². The number of thioether (sulfide) groups is 1. The van der Waals surface area contributed by atoms with Gasteiger partial charge in [-0.2, -0.15) is 0 Å². The highest BCUT2D eigenvalue weighted by atomic mass is 32.2. The molecule has 0 saturated carbocycles. The highest BCUT2D eigenvalue weighted by Crippen LogP contribution is 2.43. The lowest BCUT2D eigenvalue weighted by atomic mass is 9.76. The zero-order valence-electron chi connectivity index (χ0n) is 13.3. The van der Waals surface area contributed by atoms with Crippen LogP contribution in [0.1, 0.15) is 36.3 Å². The van der Waals surface area contributed by atoms with Crippen molar-refractivity contribution in [3.63, 3.8) is 0 Å². The Morgan fingerprint density at radius 1 is 1.17 bits per heavy atom. The Morgan fingerprint density at radius 2 is 1.96 bits per heavy atom. The van der Waals surface area contributed by atoms with Crippen molar-refractivity contribution in [1.82, 2.24) is 9.97 Å². The number of fused-ring (bicyclic) bond motifs is 1. The summed E-state index contributed by atoms with van der Waals surface area (Å²) in [6.45, 7) is 0. The second-order valence-electron chi connectivity index (χ2n) is 5.98. The third-order valence-corrected chi connectivity index (χ3v) is 5.14. The van der Waals surface area contributed by atoms with Crippen molar-refractivity contribution < 1.29 is 4.79 Å². The van der Waals surface area contributed by atoms with Crippen molar-refractivity contribution in [2.75, 3.05) is 11.6 Å². The van der Waals surface area contributed by atoms with Crippen molar-refractivity contribution in [2.45, 2.75) is 30.3 Å². The largest absolute Gasteiger partial charge is 0.343 e. The Hall–Kier alpha value is -2.34. The maximum absolute atomic E-state index is 12.7. The Labute approximate surface area is 143 Å². The lowest BCUT2D eigenvalue weighted by molar-refractivity contribution is -0.116. The standard InChI is InChI=1S/C18H17N3O2S/c1-24-18-20-16-15(17(23)21-18)13(10-6-3-2-4-7-10)14-11(19-16)8-5-9-12(14)22/h2-4,6-7,13H,5,8-9H2,1H3,(H2,19,20,21,23). The molecule has 1 aromatic heterocycles. The summed E-state index contributed by atoms with van der Waals surface area (Å²) in [5, 5.41) is 3.83. The van der Waals surface area contributed by atoms with Gasteiger partial charge in [0.05, 0.1) is 5.56 Å². The van der Waals surface area contributed by atoms with E-state index in [0.717, 1.165) is 29.7 Å². The van der Waals surface area contributed by atoms with E-state index in [4.69, 9.17) is 0 Å². The molecule has 1 aliphatic heterocycles. The molecule has 1 aliphatic carbocycles. The van der Waals surface area contributed by atoms with Crippen LogP contribution in [-0.4, -0.2) is 22.0 Å². The molecule has 122 valence electrons. The molecule has 1 aromatic carbocycles. The average Bonchev–Trinajstić information content (AvgIpc) is 2.60. The predicted octanol–water partition coefficient (Wildman–Crippen LogP) is 3.06. The van der Waals surface area contributed by atoms with Crippen LogP contribution in [0.4, 0.5) is 5.82 Å². The molecule has 4 rings (SSSR count). The van der Waals surface area contributed by atoms with Gasteiger partial charge in [-0.05, 0) is 24.7 Å². The van der Waals surface area contributed by atoms with Crippen LogP contribution < -0.4 is 10.9 Å². The topological polar surface area (TPSA) is 74.8 Å². The first-order chi connectivity index (χ1) is 11.7. The normalized spacial score (nSPS) is 19.5. The number of aromatic nitrogens is 2. The van der Waals surface area contributed by atoms with Gasteiger partial charge in [0.25, 0.3) is 5.56 Å². The van der Waals surface area contributed by atoms with Gasteiger partial charge in [-0.1, -0.05) is 42.1 Å². The molecule has 0 amide bonds.